The summed E-state index contributed by atoms with van der Waals surface area (Å²) in [7, 11) is -5.18. The van der Waals surface area contributed by atoms with Crippen molar-refractivity contribution in [2.24, 2.45) is 16.8 Å². The Balaban J connectivity index is 1.75. The predicted octanol–water partition coefficient (Wildman–Crippen LogP) is -1.26. The summed E-state index contributed by atoms with van der Waals surface area (Å²) in [6, 6.07) is -3.15. The summed E-state index contributed by atoms with van der Waals surface area (Å²) in [5.74, 6) is -4.03. The van der Waals surface area contributed by atoms with Gasteiger partial charge in [0.05, 0.1) is 44.7 Å². The molecule has 1 aliphatic carbocycles. The third-order valence-corrected chi connectivity index (χ3v) is 12.0. The minimum atomic E-state index is -5.18. The van der Waals surface area contributed by atoms with Crippen LogP contribution in [0.5, 0.6) is 0 Å². The van der Waals surface area contributed by atoms with Gasteiger partial charge in [-0.1, -0.05) is 40.1 Å². The van der Waals surface area contributed by atoms with Gasteiger partial charge in [-0.25, -0.2) is 4.57 Å². The lowest BCUT2D eigenvalue weighted by Crippen LogP contribution is -2.70. The normalized spacial score (nSPS) is 33.8. The van der Waals surface area contributed by atoms with E-state index in [0.29, 0.717) is 0 Å². The van der Waals surface area contributed by atoms with Crippen LogP contribution in [0, 0.1) is 5.92 Å². The smallest absolute Gasteiger partial charge is 0.396 e. The molecule has 0 aromatic carbocycles. The van der Waals surface area contributed by atoms with Gasteiger partial charge in [-0.2, -0.15) is 0 Å². The second-order valence-corrected chi connectivity index (χ2v) is 18.0. The van der Waals surface area contributed by atoms with Gasteiger partial charge in [0.15, 0.2) is 18.7 Å². The monoisotopic (exact) mass is 966 g/mol. The van der Waals surface area contributed by atoms with E-state index >= 15 is 0 Å². The number of nitrogens with zero attached hydrogens (tertiary/aromatic N) is 3. The van der Waals surface area contributed by atoms with E-state index in [-0.39, 0.29) is 19.6 Å². The number of primary amides is 1. The van der Waals surface area contributed by atoms with Crippen molar-refractivity contribution in [1.29, 1.82) is 0 Å². The summed E-state index contributed by atoms with van der Waals surface area (Å²) in [5.41, 5.74) is 17.6. The number of nitrogens with two attached hydrogens (primary N) is 1. The Bertz CT molecular complexity index is 1780. The highest BCUT2D eigenvalue weighted by molar-refractivity contribution is 7.47. The van der Waals surface area contributed by atoms with Crippen molar-refractivity contribution >= 4 is 25.5 Å². The first kappa shape index (κ1) is 56.9. The lowest BCUT2D eigenvalue weighted by molar-refractivity contribution is -0.345. The fourth-order valence-corrected chi connectivity index (χ4v) is 8.32. The molecule has 1 saturated carbocycles. The maximum Gasteiger partial charge on any atom is 0.474 e. The molecular weight excluding hydrogens is 899 g/mol. The Morgan fingerprint density at radius 2 is 1.48 bits per heavy atom. The largest absolute Gasteiger partial charge is 0.474 e. The molecule has 3 aliphatic rings. The second kappa shape index (κ2) is 27.5. The number of rotatable bonds is 25. The fraction of sp³-hybridized carbons (Fsp3) is 0.775. The van der Waals surface area contributed by atoms with Crippen molar-refractivity contribution in [2.75, 3.05) is 39.6 Å². The Morgan fingerprint density at radius 3 is 2.09 bits per heavy atom. The van der Waals surface area contributed by atoms with E-state index in [1.165, 1.54) is 11.1 Å². The van der Waals surface area contributed by atoms with Gasteiger partial charge in [0.1, 0.15) is 55.3 Å². The maximum atomic E-state index is 13.2. The quantitative estimate of drug-likeness (QED) is 0.0127. The molecule has 0 radical (unpaired) electrons. The molecule has 0 spiro atoms. The number of phosphoric ester groups is 1. The van der Waals surface area contributed by atoms with Crippen LogP contribution >= 0.6 is 7.82 Å². The number of amides is 3. The highest BCUT2D eigenvalue weighted by Gasteiger charge is 2.55. The first-order valence-electron chi connectivity index (χ1n) is 21.4. The number of allylic oxidation sites excluding steroid dienone is 5. The highest BCUT2D eigenvalue weighted by Crippen LogP contribution is 2.47. The van der Waals surface area contributed by atoms with Crippen LogP contribution in [-0.2, 0) is 51.7 Å². The number of phosphoric acid groups is 1. The van der Waals surface area contributed by atoms with E-state index in [0.717, 1.165) is 38.2 Å². The lowest BCUT2D eigenvalue weighted by atomic mass is 9.79. The Kier molecular flexibility index (Phi) is 23.7. The zero-order chi connectivity index (χ0) is 49.3. The summed E-state index contributed by atoms with van der Waals surface area (Å²) >= 11 is 0. The van der Waals surface area contributed by atoms with Gasteiger partial charge in [-0.15, -0.1) is 0 Å². The zero-order valence-corrected chi connectivity index (χ0v) is 38.5. The minimum Gasteiger partial charge on any atom is -0.396 e. The molecule has 376 valence electrons. The van der Waals surface area contributed by atoms with Gasteiger partial charge in [0.2, 0.25) is 17.7 Å². The van der Waals surface area contributed by atoms with Gasteiger partial charge in [0.25, 0.3) is 0 Å². The number of hydrogen-bond donors (Lipinski definition) is 11. The van der Waals surface area contributed by atoms with Crippen LogP contribution < -0.4 is 16.4 Å². The van der Waals surface area contributed by atoms with Gasteiger partial charge >= 0.3 is 7.82 Å². The van der Waals surface area contributed by atoms with Crippen molar-refractivity contribution in [3.63, 3.8) is 0 Å². The molecule has 66 heavy (non-hydrogen) atoms. The van der Waals surface area contributed by atoms with Crippen LogP contribution in [0.25, 0.3) is 10.4 Å². The molecule has 7 unspecified atom stereocenters. The predicted molar refractivity (Wildman–Crippen MR) is 229 cm³/mol. The molecule has 25 nitrogen and oxygen atoms in total. The standard InChI is InChI=1S/C40H67N6O19P/c1-20(2)8-6-9-21(3)10-7-11-22(4)12-13-59-14-15-60-66(57,58)65-40-37(34(55)33(54)36(63-40)38(41)56)64-39-29(44-23(5)49)32(53)35(26(19-48)62-39)61-25-16-24(18-47)30(51)31(52)28(25)45-27(50)17-43-46-42/h8,10,12,24-26,28-37,39-40,47-48,51-55H,6-7,9,11,13-19H2,1-5H3,(H2,41,56)(H,44,49)(H,45,50)(H,57,58)/b21-10+,22-12-/t24?,25-,26?,28?,29?,30+,31-,32-,33-,34+,35-,36?,37?,39+,40-/m1/s1. The maximum absolute atomic E-state index is 13.2. The van der Waals surface area contributed by atoms with Crippen molar-refractivity contribution in [3.05, 3.63) is 45.4 Å². The summed E-state index contributed by atoms with van der Waals surface area (Å²) in [6.45, 7) is 6.38. The molecule has 12 N–H and O–H groups in total. The van der Waals surface area contributed by atoms with Crippen molar-refractivity contribution < 1.29 is 92.3 Å². The van der Waals surface area contributed by atoms with E-state index in [1.807, 2.05) is 13.0 Å². The summed E-state index contributed by atoms with van der Waals surface area (Å²) in [5, 5.41) is 83.5. The Morgan fingerprint density at radius 1 is 0.818 bits per heavy atom. The fourth-order valence-electron chi connectivity index (χ4n) is 7.52. The Labute approximate surface area is 382 Å². The van der Waals surface area contributed by atoms with Crippen molar-refractivity contribution in [1.82, 2.24) is 10.6 Å². The van der Waals surface area contributed by atoms with Crippen molar-refractivity contribution in [2.45, 2.75) is 152 Å². The molecule has 3 amide bonds. The van der Waals surface area contributed by atoms with E-state index in [1.54, 1.807) is 0 Å². The van der Waals surface area contributed by atoms with Gasteiger partial charge < -0.3 is 80.7 Å². The first-order chi connectivity index (χ1) is 31.1. The van der Waals surface area contributed by atoms with E-state index < -0.39 is 144 Å². The number of hydrogen-bond acceptors (Lipinski definition) is 19. The van der Waals surface area contributed by atoms with Crippen LogP contribution in [0.15, 0.2) is 40.1 Å². The number of ether oxygens (including phenoxy) is 5. The number of nitrogens with one attached hydrogen (secondary N) is 2. The summed E-state index contributed by atoms with van der Waals surface area (Å²) in [6.07, 6.45) is -12.9. The molecule has 3 fully saturated rings. The number of carbonyl (C=O) groups is 3. The SMILES string of the molecule is CC(=O)NC1[C@H](OC2[C@@H](OP(=O)(O)OCCOC/C=C(/C)CC/C=C(\C)CCC=C(C)C)OC(C(N)=O)[C@H](O)[C@@H]2O)OC(CO)[C@@H](O[C@@H]2CC(CO)[C@H](O)[C@H](O)C2NC(=O)CN=[N+]=[N-])[C@@H]1O. The average molecular weight is 967 g/mol. The van der Waals surface area contributed by atoms with Crippen molar-refractivity contribution in [3.8, 4) is 0 Å². The molecule has 2 heterocycles. The van der Waals surface area contributed by atoms with E-state index in [9.17, 15) is 59.6 Å². The van der Waals surface area contributed by atoms with Crippen LogP contribution in [0.3, 0.4) is 0 Å². The van der Waals surface area contributed by atoms with Crippen LogP contribution in [0.2, 0.25) is 0 Å². The summed E-state index contributed by atoms with van der Waals surface area (Å²) < 4.78 is 52.2. The molecule has 0 aromatic heterocycles. The second-order valence-electron chi connectivity index (χ2n) is 16.6. The minimum absolute atomic E-state index is 0.162. The molecule has 2 aliphatic heterocycles. The molecule has 3 rings (SSSR count). The topological polar surface area (TPSA) is 394 Å². The van der Waals surface area contributed by atoms with E-state index in [2.05, 4.69) is 53.6 Å². The van der Waals surface area contributed by atoms with E-state index in [4.69, 9.17) is 44.0 Å². The molecule has 16 atom stereocenters. The van der Waals surface area contributed by atoms with Crippen LogP contribution in [0.1, 0.15) is 66.7 Å². The van der Waals surface area contributed by atoms with Gasteiger partial charge in [-0.3, -0.25) is 23.4 Å². The van der Waals surface area contributed by atoms with Crippen LogP contribution in [0.4, 0.5) is 0 Å². The summed E-state index contributed by atoms with van der Waals surface area (Å²) in [4.78, 5) is 50.4. The third kappa shape index (κ3) is 17.3. The van der Waals surface area contributed by atoms with Crippen LogP contribution in [-0.4, -0.2) is 184 Å². The highest BCUT2D eigenvalue weighted by atomic mass is 31.2. The average Bonchev–Trinajstić information content (AvgIpc) is 3.24. The lowest BCUT2D eigenvalue weighted by Gasteiger charge is -2.49. The van der Waals surface area contributed by atoms with Gasteiger partial charge in [0, 0.05) is 24.4 Å². The number of azide groups is 1. The third-order valence-electron chi connectivity index (χ3n) is 11.0. The zero-order valence-electron chi connectivity index (χ0n) is 37.6. The molecular formula is C40H67N6O19P. The number of aliphatic hydroxyl groups is 7. The molecule has 0 bridgehead atoms. The Hall–Kier alpha value is -3.43. The van der Waals surface area contributed by atoms with Gasteiger partial charge in [-0.05, 0) is 65.3 Å². The molecule has 2 saturated heterocycles. The number of carbonyl (C=O) groups excluding carboxylic acids is 3. The number of aliphatic hydroxyl groups excluding tert-OH is 7. The first-order valence-corrected chi connectivity index (χ1v) is 22.9. The molecule has 0 aromatic rings. The molecule has 26 heteroatoms.